The maximum absolute atomic E-state index is 12.8. The first kappa shape index (κ1) is 13.9. The molecule has 2 atom stereocenters. The summed E-state index contributed by atoms with van der Waals surface area (Å²) in [4.78, 5) is 5.06. The summed E-state index contributed by atoms with van der Waals surface area (Å²) in [7, 11) is 1.41. The van der Waals surface area contributed by atoms with Crippen LogP contribution in [0.2, 0.25) is 0 Å². The van der Waals surface area contributed by atoms with Crippen molar-refractivity contribution in [2.24, 2.45) is 5.73 Å². The van der Waals surface area contributed by atoms with Gasteiger partial charge in [-0.05, 0) is 25.6 Å². The first-order chi connectivity index (χ1) is 7.82. The Labute approximate surface area is 98.4 Å². The molecular formula is C11H16F3N3. The zero-order valence-electron chi connectivity index (χ0n) is 9.78. The predicted molar refractivity (Wildman–Crippen MR) is 59.2 cm³/mol. The summed E-state index contributed by atoms with van der Waals surface area (Å²) in [6.45, 7) is 1.53. The smallest absolute Gasteiger partial charge is 0.326 e. The van der Waals surface area contributed by atoms with Gasteiger partial charge in [0.15, 0.2) is 0 Å². The van der Waals surface area contributed by atoms with Crippen LogP contribution in [0.3, 0.4) is 0 Å². The summed E-state index contributed by atoms with van der Waals surface area (Å²) in [6, 6.07) is 0.801. The van der Waals surface area contributed by atoms with E-state index in [4.69, 9.17) is 5.73 Å². The van der Waals surface area contributed by atoms with Crippen molar-refractivity contribution in [2.75, 3.05) is 7.05 Å². The molecule has 1 aromatic rings. The summed E-state index contributed by atoms with van der Waals surface area (Å²) in [5, 5.41) is 0. The fraction of sp³-hybridized carbons (Fsp3) is 0.545. The number of aromatic nitrogens is 1. The number of rotatable bonds is 4. The normalized spacial score (nSPS) is 15.9. The highest BCUT2D eigenvalue weighted by molar-refractivity contribution is 5.08. The molecule has 17 heavy (non-hydrogen) atoms. The molecule has 0 fully saturated rings. The van der Waals surface area contributed by atoms with Crippen molar-refractivity contribution in [1.82, 2.24) is 9.88 Å². The van der Waals surface area contributed by atoms with E-state index in [1.165, 1.54) is 18.9 Å². The van der Waals surface area contributed by atoms with Crippen LogP contribution >= 0.6 is 0 Å². The summed E-state index contributed by atoms with van der Waals surface area (Å²) in [5.41, 5.74) is 6.13. The molecule has 2 N–H and O–H groups in total. The lowest BCUT2D eigenvalue weighted by Crippen LogP contribution is -2.53. The van der Waals surface area contributed by atoms with E-state index < -0.39 is 18.3 Å². The predicted octanol–water partition coefficient (Wildman–Crippen LogP) is 1.79. The van der Waals surface area contributed by atoms with Gasteiger partial charge >= 0.3 is 6.18 Å². The minimum atomic E-state index is -4.33. The van der Waals surface area contributed by atoms with Crippen molar-refractivity contribution >= 4 is 0 Å². The molecule has 0 aliphatic carbocycles. The van der Waals surface area contributed by atoms with Gasteiger partial charge in [0.2, 0.25) is 0 Å². The number of pyridine rings is 1. The molecule has 1 aromatic heterocycles. The highest BCUT2D eigenvalue weighted by atomic mass is 19.4. The number of halogens is 3. The van der Waals surface area contributed by atoms with Crippen LogP contribution in [0.1, 0.15) is 12.5 Å². The van der Waals surface area contributed by atoms with Gasteiger partial charge in [-0.1, -0.05) is 6.07 Å². The highest BCUT2D eigenvalue weighted by Crippen LogP contribution is 2.26. The zero-order valence-corrected chi connectivity index (χ0v) is 9.78. The number of alkyl halides is 3. The molecule has 0 aliphatic heterocycles. The molecule has 6 heteroatoms. The van der Waals surface area contributed by atoms with Crippen LogP contribution in [-0.4, -0.2) is 35.2 Å². The maximum atomic E-state index is 12.8. The van der Waals surface area contributed by atoms with E-state index in [0.717, 1.165) is 5.56 Å². The molecule has 1 heterocycles. The monoisotopic (exact) mass is 247 g/mol. The minimum Gasteiger partial charge on any atom is -0.326 e. The van der Waals surface area contributed by atoms with Crippen molar-refractivity contribution in [3.05, 3.63) is 30.1 Å². The summed E-state index contributed by atoms with van der Waals surface area (Å²) in [5.74, 6) is 0. The van der Waals surface area contributed by atoms with Gasteiger partial charge in [-0.25, -0.2) is 0 Å². The van der Waals surface area contributed by atoms with Crippen LogP contribution in [0.5, 0.6) is 0 Å². The van der Waals surface area contributed by atoms with E-state index in [0.29, 0.717) is 0 Å². The Kier molecular flexibility index (Phi) is 4.47. The van der Waals surface area contributed by atoms with E-state index in [2.05, 4.69) is 4.98 Å². The Morgan fingerprint density at radius 2 is 2.12 bits per heavy atom. The first-order valence-corrected chi connectivity index (χ1v) is 5.24. The third-order valence-corrected chi connectivity index (χ3v) is 2.46. The number of likely N-dealkylation sites (N-methyl/N-ethyl adjacent to an activating group) is 1. The van der Waals surface area contributed by atoms with E-state index in [-0.39, 0.29) is 6.54 Å². The number of hydrogen-bond acceptors (Lipinski definition) is 3. The van der Waals surface area contributed by atoms with Crippen LogP contribution in [0.15, 0.2) is 24.5 Å². The molecular weight excluding hydrogens is 231 g/mol. The van der Waals surface area contributed by atoms with Crippen LogP contribution in [0, 0.1) is 0 Å². The molecule has 96 valence electrons. The maximum Gasteiger partial charge on any atom is 0.405 e. The quantitative estimate of drug-likeness (QED) is 0.882. The van der Waals surface area contributed by atoms with Gasteiger partial charge in [0.1, 0.15) is 6.04 Å². The average molecular weight is 247 g/mol. The standard InChI is InChI=1S/C11H16F3N3/c1-8(15)10(11(12,13)14)17(2)7-9-4-3-5-16-6-9/h3-6,8,10H,7,15H2,1-2H3. The van der Waals surface area contributed by atoms with Crippen molar-refractivity contribution in [2.45, 2.75) is 31.7 Å². The largest absolute Gasteiger partial charge is 0.405 e. The number of hydrogen-bond donors (Lipinski definition) is 1. The molecule has 0 amide bonds. The topological polar surface area (TPSA) is 42.1 Å². The molecule has 3 nitrogen and oxygen atoms in total. The Morgan fingerprint density at radius 3 is 2.53 bits per heavy atom. The fourth-order valence-corrected chi connectivity index (χ4v) is 1.83. The molecule has 0 saturated heterocycles. The third kappa shape index (κ3) is 3.98. The molecule has 0 bridgehead atoms. The van der Waals surface area contributed by atoms with Crippen LogP contribution < -0.4 is 5.73 Å². The summed E-state index contributed by atoms with van der Waals surface area (Å²) >= 11 is 0. The lowest BCUT2D eigenvalue weighted by molar-refractivity contribution is -0.186. The zero-order chi connectivity index (χ0) is 13.1. The van der Waals surface area contributed by atoms with E-state index in [1.54, 1.807) is 24.5 Å². The number of nitrogens with two attached hydrogens (primary N) is 1. The van der Waals surface area contributed by atoms with Gasteiger partial charge < -0.3 is 5.73 Å². The summed E-state index contributed by atoms with van der Waals surface area (Å²) in [6.07, 6.45) is -1.20. The van der Waals surface area contributed by atoms with Crippen LogP contribution in [0.4, 0.5) is 13.2 Å². The Balaban J connectivity index is 2.77. The van der Waals surface area contributed by atoms with Gasteiger partial charge in [0.25, 0.3) is 0 Å². The Hall–Kier alpha value is -1.14. The van der Waals surface area contributed by atoms with Gasteiger partial charge in [-0.2, -0.15) is 13.2 Å². The second-order valence-corrected chi connectivity index (χ2v) is 4.12. The second-order valence-electron chi connectivity index (χ2n) is 4.12. The van der Waals surface area contributed by atoms with Crippen molar-refractivity contribution in [3.63, 3.8) is 0 Å². The van der Waals surface area contributed by atoms with Gasteiger partial charge in [-0.3, -0.25) is 9.88 Å². The van der Waals surface area contributed by atoms with Crippen LogP contribution in [-0.2, 0) is 6.54 Å². The first-order valence-electron chi connectivity index (χ1n) is 5.24. The number of nitrogens with zero attached hydrogens (tertiary/aromatic N) is 2. The third-order valence-electron chi connectivity index (χ3n) is 2.46. The van der Waals surface area contributed by atoms with Crippen molar-refractivity contribution in [1.29, 1.82) is 0 Å². The molecule has 1 rings (SSSR count). The highest BCUT2D eigenvalue weighted by Gasteiger charge is 2.44. The molecule has 2 unspecified atom stereocenters. The lowest BCUT2D eigenvalue weighted by Gasteiger charge is -2.32. The van der Waals surface area contributed by atoms with Crippen molar-refractivity contribution < 1.29 is 13.2 Å². The SMILES string of the molecule is CC(N)C(N(C)Cc1cccnc1)C(F)(F)F. The fourth-order valence-electron chi connectivity index (χ4n) is 1.83. The van der Waals surface area contributed by atoms with Gasteiger partial charge in [0.05, 0.1) is 0 Å². The molecule has 0 radical (unpaired) electrons. The van der Waals surface area contributed by atoms with E-state index in [9.17, 15) is 13.2 Å². The second kappa shape index (κ2) is 5.46. The summed E-state index contributed by atoms with van der Waals surface area (Å²) < 4.78 is 38.4. The van der Waals surface area contributed by atoms with Gasteiger partial charge in [0, 0.05) is 25.0 Å². The van der Waals surface area contributed by atoms with E-state index in [1.807, 2.05) is 0 Å². The van der Waals surface area contributed by atoms with E-state index >= 15 is 0 Å². The molecule has 0 saturated carbocycles. The lowest BCUT2D eigenvalue weighted by atomic mass is 10.1. The molecule has 0 aromatic carbocycles. The Bertz CT molecular complexity index is 338. The Morgan fingerprint density at radius 1 is 1.47 bits per heavy atom. The molecule has 0 aliphatic rings. The van der Waals surface area contributed by atoms with Crippen molar-refractivity contribution in [3.8, 4) is 0 Å². The van der Waals surface area contributed by atoms with Crippen LogP contribution in [0.25, 0.3) is 0 Å². The van der Waals surface area contributed by atoms with Gasteiger partial charge in [-0.15, -0.1) is 0 Å². The molecule has 0 spiro atoms. The average Bonchev–Trinajstić information content (AvgIpc) is 2.15. The minimum absolute atomic E-state index is 0.166.